The van der Waals surface area contributed by atoms with E-state index in [0.717, 1.165) is 23.7 Å². The van der Waals surface area contributed by atoms with Crippen LogP contribution in [-0.2, 0) is 6.54 Å². The number of hydrogen-bond acceptors (Lipinski definition) is 2. The Hall–Kier alpha value is -1.09. The Bertz CT molecular complexity index is 347. The summed E-state index contributed by atoms with van der Waals surface area (Å²) in [5.74, 6) is 0.615. The molecule has 0 heterocycles. The molecule has 0 amide bonds. The highest BCUT2D eigenvalue weighted by atomic mass is 19.1. The summed E-state index contributed by atoms with van der Waals surface area (Å²) < 4.78 is 13.0. The fourth-order valence-corrected chi connectivity index (χ4v) is 1.88. The maximum Gasteiger partial charge on any atom is 0.123 e. The Labute approximate surface area is 89.9 Å². The fourth-order valence-electron chi connectivity index (χ4n) is 1.88. The first kappa shape index (κ1) is 10.4. The van der Waals surface area contributed by atoms with Gasteiger partial charge >= 0.3 is 0 Å². The van der Waals surface area contributed by atoms with E-state index in [1.54, 1.807) is 0 Å². The van der Waals surface area contributed by atoms with E-state index in [0.29, 0.717) is 6.54 Å². The minimum absolute atomic E-state index is 0.209. The van der Waals surface area contributed by atoms with Gasteiger partial charge in [-0.3, -0.25) is 0 Å². The number of anilines is 1. The number of nitrogens with two attached hydrogens (primary N) is 1. The van der Waals surface area contributed by atoms with Gasteiger partial charge in [0.05, 0.1) is 0 Å². The quantitative estimate of drug-likeness (QED) is 0.821. The van der Waals surface area contributed by atoms with Gasteiger partial charge in [-0.15, -0.1) is 0 Å². The maximum atomic E-state index is 13.0. The summed E-state index contributed by atoms with van der Waals surface area (Å²) in [6.07, 6.45) is 2.65. The molecule has 0 saturated heterocycles. The Morgan fingerprint density at radius 1 is 1.47 bits per heavy atom. The van der Waals surface area contributed by atoms with Crippen molar-refractivity contribution in [3.63, 3.8) is 0 Å². The molecule has 1 saturated carbocycles. The van der Waals surface area contributed by atoms with Crippen LogP contribution in [0.25, 0.3) is 0 Å². The van der Waals surface area contributed by atoms with Crippen molar-refractivity contribution < 1.29 is 4.39 Å². The molecule has 1 aromatic rings. The molecule has 0 unspecified atom stereocenters. The van der Waals surface area contributed by atoms with Crippen molar-refractivity contribution in [1.29, 1.82) is 0 Å². The third-order valence-corrected chi connectivity index (χ3v) is 2.90. The molecule has 0 atom stereocenters. The molecule has 1 fully saturated rings. The SMILES string of the molecule is CN(CC1CC1)c1ccc(F)cc1CN. The van der Waals surface area contributed by atoms with Gasteiger partial charge in [-0.05, 0) is 42.5 Å². The topological polar surface area (TPSA) is 29.3 Å². The molecule has 0 spiro atoms. The van der Waals surface area contributed by atoms with Crippen LogP contribution in [0.3, 0.4) is 0 Å². The highest BCUT2D eigenvalue weighted by Crippen LogP contribution is 2.31. The van der Waals surface area contributed by atoms with Crippen molar-refractivity contribution in [3.05, 3.63) is 29.6 Å². The lowest BCUT2D eigenvalue weighted by Crippen LogP contribution is -2.22. The van der Waals surface area contributed by atoms with E-state index in [1.165, 1.54) is 25.0 Å². The first-order valence-corrected chi connectivity index (χ1v) is 5.40. The summed E-state index contributed by atoms with van der Waals surface area (Å²) in [7, 11) is 2.05. The number of benzene rings is 1. The molecule has 2 nitrogen and oxygen atoms in total. The molecule has 2 rings (SSSR count). The van der Waals surface area contributed by atoms with Crippen LogP contribution in [0.2, 0.25) is 0 Å². The molecule has 3 heteroatoms. The average Bonchev–Trinajstić information content (AvgIpc) is 3.01. The van der Waals surface area contributed by atoms with E-state index >= 15 is 0 Å². The van der Waals surface area contributed by atoms with E-state index in [2.05, 4.69) is 4.90 Å². The van der Waals surface area contributed by atoms with Crippen LogP contribution in [0.1, 0.15) is 18.4 Å². The smallest absolute Gasteiger partial charge is 0.123 e. The molecule has 2 N–H and O–H groups in total. The lowest BCUT2D eigenvalue weighted by molar-refractivity contribution is 0.625. The zero-order chi connectivity index (χ0) is 10.8. The number of rotatable bonds is 4. The predicted molar refractivity (Wildman–Crippen MR) is 60.3 cm³/mol. The normalized spacial score (nSPS) is 15.4. The molecule has 1 aliphatic rings. The zero-order valence-electron chi connectivity index (χ0n) is 9.04. The van der Waals surface area contributed by atoms with E-state index < -0.39 is 0 Å². The second kappa shape index (κ2) is 4.19. The Balaban J connectivity index is 2.17. The van der Waals surface area contributed by atoms with Gasteiger partial charge < -0.3 is 10.6 Å². The highest BCUT2D eigenvalue weighted by molar-refractivity contribution is 5.53. The minimum atomic E-state index is -0.209. The van der Waals surface area contributed by atoms with Gasteiger partial charge in [-0.25, -0.2) is 4.39 Å². The molecule has 1 aromatic carbocycles. The molecule has 1 aliphatic carbocycles. The van der Waals surface area contributed by atoms with Gasteiger partial charge in [0.2, 0.25) is 0 Å². The summed E-state index contributed by atoms with van der Waals surface area (Å²) in [5.41, 5.74) is 7.56. The van der Waals surface area contributed by atoms with Gasteiger partial charge in [0.25, 0.3) is 0 Å². The number of nitrogens with zero attached hydrogens (tertiary/aromatic N) is 1. The van der Waals surface area contributed by atoms with Gasteiger partial charge in [-0.2, -0.15) is 0 Å². The van der Waals surface area contributed by atoms with Crippen LogP contribution in [0.15, 0.2) is 18.2 Å². The molecular weight excluding hydrogens is 191 g/mol. The molecule has 0 aromatic heterocycles. The molecule has 0 radical (unpaired) electrons. The molecule has 15 heavy (non-hydrogen) atoms. The standard InChI is InChI=1S/C12H17FN2/c1-15(8-9-2-3-9)12-5-4-11(13)6-10(12)7-14/h4-6,9H,2-3,7-8,14H2,1H3. The van der Waals surface area contributed by atoms with Crippen molar-refractivity contribution in [1.82, 2.24) is 0 Å². The van der Waals surface area contributed by atoms with Crippen molar-refractivity contribution in [2.45, 2.75) is 19.4 Å². The molecule has 82 valence electrons. The Morgan fingerprint density at radius 2 is 2.20 bits per heavy atom. The van der Waals surface area contributed by atoms with E-state index in [1.807, 2.05) is 13.1 Å². The number of halogens is 1. The monoisotopic (exact) mass is 208 g/mol. The van der Waals surface area contributed by atoms with Gasteiger partial charge in [0.1, 0.15) is 5.82 Å². The summed E-state index contributed by atoms with van der Waals surface area (Å²) >= 11 is 0. The summed E-state index contributed by atoms with van der Waals surface area (Å²) in [5, 5.41) is 0. The first-order chi connectivity index (χ1) is 7.20. The van der Waals surface area contributed by atoms with E-state index in [9.17, 15) is 4.39 Å². The van der Waals surface area contributed by atoms with Crippen LogP contribution >= 0.6 is 0 Å². The second-order valence-corrected chi connectivity index (χ2v) is 4.30. The third-order valence-electron chi connectivity index (χ3n) is 2.90. The largest absolute Gasteiger partial charge is 0.374 e. The van der Waals surface area contributed by atoms with Crippen molar-refractivity contribution in [2.24, 2.45) is 11.7 Å². The lowest BCUT2D eigenvalue weighted by Gasteiger charge is -2.22. The van der Waals surface area contributed by atoms with Crippen molar-refractivity contribution in [3.8, 4) is 0 Å². The van der Waals surface area contributed by atoms with Crippen LogP contribution in [0, 0.1) is 11.7 Å². The fraction of sp³-hybridized carbons (Fsp3) is 0.500. The molecule has 0 bridgehead atoms. The van der Waals surface area contributed by atoms with Gasteiger partial charge in [0, 0.05) is 25.8 Å². The highest BCUT2D eigenvalue weighted by Gasteiger charge is 2.23. The van der Waals surface area contributed by atoms with Crippen LogP contribution in [0.4, 0.5) is 10.1 Å². The van der Waals surface area contributed by atoms with Crippen LogP contribution in [0.5, 0.6) is 0 Å². The van der Waals surface area contributed by atoms with Gasteiger partial charge in [-0.1, -0.05) is 0 Å². The van der Waals surface area contributed by atoms with Crippen LogP contribution in [-0.4, -0.2) is 13.6 Å². The van der Waals surface area contributed by atoms with E-state index in [4.69, 9.17) is 5.73 Å². The molecule has 0 aliphatic heterocycles. The number of hydrogen-bond donors (Lipinski definition) is 1. The van der Waals surface area contributed by atoms with Crippen molar-refractivity contribution >= 4 is 5.69 Å². The van der Waals surface area contributed by atoms with Gasteiger partial charge in [0.15, 0.2) is 0 Å². The third kappa shape index (κ3) is 2.48. The summed E-state index contributed by atoms with van der Waals surface area (Å²) in [6.45, 7) is 1.45. The molecular formula is C12H17FN2. The minimum Gasteiger partial charge on any atom is -0.374 e. The predicted octanol–water partition coefficient (Wildman–Crippen LogP) is 2.13. The van der Waals surface area contributed by atoms with Crippen LogP contribution < -0.4 is 10.6 Å². The maximum absolute atomic E-state index is 13.0. The summed E-state index contributed by atoms with van der Waals surface area (Å²) in [4.78, 5) is 2.18. The average molecular weight is 208 g/mol. The van der Waals surface area contributed by atoms with E-state index in [-0.39, 0.29) is 5.82 Å². The van der Waals surface area contributed by atoms with Crippen molar-refractivity contribution in [2.75, 3.05) is 18.5 Å². The zero-order valence-corrected chi connectivity index (χ0v) is 9.04. The Morgan fingerprint density at radius 3 is 2.80 bits per heavy atom. The summed E-state index contributed by atoms with van der Waals surface area (Å²) in [6, 6.07) is 4.84. The lowest BCUT2D eigenvalue weighted by atomic mass is 10.1. The second-order valence-electron chi connectivity index (χ2n) is 4.30. The first-order valence-electron chi connectivity index (χ1n) is 5.40. The Kier molecular flexibility index (Phi) is 2.91.